The number of carbonyl (C=O) groups is 1. The molecule has 1 N–H and O–H groups in total. The monoisotopic (exact) mass is 380 g/mol. The minimum absolute atomic E-state index is 0.00550. The number of amides is 1. The first kappa shape index (κ1) is 17.4. The van der Waals surface area contributed by atoms with Crippen LogP contribution in [0, 0.1) is 0 Å². The van der Waals surface area contributed by atoms with Gasteiger partial charge < -0.3 is 10.2 Å². The van der Waals surface area contributed by atoms with E-state index in [1.807, 2.05) is 41.6 Å². The smallest absolute Gasteiger partial charge is 0.247 e. The molecule has 1 amide bonds. The van der Waals surface area contributed by atoms with E-state index in [-0.39, 0.29) is 11.9 Å². The Bertz CT molecular complexity index is 948. The molecule has 0 saturated carbocycles. The minimum atomic E-state index is 0.00550. The van der Waals surface area contributed by atoms with Crippen molar-refractivity contribution < 1.29 is 4.79 Å². The molecule has 0 unspecified atom stereocenters. The fourth-order valence-electron chi connectivity index (χ4n) is 3.18. The Morgan fingerprint density at radius 1 is 1.33 bits per heavy atom. The normalized spacial score (nSPS) is 16.9. The van der Waals surface area contributed by atoms with Crippen molar-refractivity contribution in [3.05, 3.63) is 59.5 Å². The highest BCUT2D eigenvalue weighted by Gasteiger charge is 2.30. The third-order valence-electron chi connectivity index (χ3n) is 4.55. The quantitative estimate of drug-likeness (QED) is 0.687. The van der Waals surface area contributed by atoms with Gasteiger partial charge in [0.2, 0.25) is 5.91 Å². The fourth-order valence-corrected chi connectivity index (χ4v) is 3.94. The maximum absolute atomic E-state index is 12.7. The second-order valence-electron chi connectivity index (χ2n) is 6.32. The zero-order valence-corrected chi connectivity index (χ0v) is 15.8. The molecule has 1 atom stereocenters. The Kier molecular flexibility index (Phi) is 4.97. The summed E-state index contributed by atoms with van der Waals surface area (Å²) in [7, 11) is 1.86. The summed E-state index contributed by atoms with van der Waals surface area (Å²) in [6.45, 7) is 0.750. The van der Waals surface area contributed by atoms with Gasteiger partial charge in [0, 0.05) is 37.4 Å². The summed E-state index contributed by atoms with van der Waals surface area (Å²) >= 11 is 1.53. The number of anilines is 2. The molecule has 138 valence electrons. The number of nitrogens with one attached hydrogen (secondary N) is 1. The van der Waals surface area contributed by atoms with Gasteiger partial charge in [0.1, 0.15) is 5.82 Å². The third-order valence-corrected chi connectivity index (χ3v) is 5.33. The Balaban J connectivity index is 1.46. The SMILES string of the molecule is Cn1nccc1/C=C/C(=O)N1CCC[C@H]1c1csc(Nc2ccccn2)n1. The first-order valence-electron chi connectivity index (χ1n) is 8.81. The summed E-state index contributed by atoms with van der Waals surface area (Å²) in [6.07, 6.45) is 8.79. The Morgan fingerprint density at radius 3 is 3.04 bits per heavy atom. The molecule has 4 heterocycles. The van der Waals surface area contributed by atoms with Crippen LogP contribution in [0.2, 0.25) is 0 Å². The van der Waals surface area contributed by atoms with E-state index < -0.39 is 0 Å². The predicted molar refractivity (Wildman–Crippen MR) is 106 cm³/mol. The average Bonchev–Trinajstić information content (AvgIpc) is 3.41. The van der Waals surface area contributed by atoms with E-state index in [1.54, 1.807) is 29.2 Å². The molecule has 3 aromatic heterocycles. The van der Waals surface area contributed by atoms with Crippen LogP contribution in [0.4, 0.5) is 10.9 Å². The molecular weight excluding hydrogens is 360 g/mol. The lowest BCUT2D eigenvalue weighted by Gasteiger charge is -2.21. The number of hydrogen-bond donors (Lipinski definition) is 1. The van der Waals surface area contributed by atoms with Gasteiger partial charge in [0.15, 0.2) is 5.13 Å². The zero-order valence-electron chi connectivity index (χ0n) is 14.9. The van der Waals surface area contributed by atoms with Crippen molar-refractivity contribution in [1.29, 1.82) is 0 Å². The van der Waals surface area contributed by atoms with Crippen molar-refractivity contribution in [3.8, 4) is 0 Å². The lowest BCUT2D eigenvalue weighted by atomic mass is 10.1. The summed E-state index contributed by atoms with van der Waals surface area (Å²) < 4.78 is 1.74. The highest BCUT2D eigenvalue weighted by Crippen LogP contribution is 2.34. The zero-order chi connectivity index (χ0) is 18.6. The lowest BCUT2D eigenvalue weighted by molar-refractivity contribution is -0.126. The van der Waals surface area contributed by atoms with E-state index in [4.69, 9.17) is 0 Å². The van der Waals surface area contributed by atoms with Gasteiger partial charge in [-0.2, -0.15) is 5.10 Å². The number of pyridine rings is 1. The molecule has 0 radical (unpaired) electrons. The molecule has 0 aromatic carbocycles. The number of likely N-dealkylation sites (tertiary alicyclic amines) is 1. The van der Waals surface area contributed by atoms with Gasteiger partial charge >= 0.3 is 0 Å². The fraction of sp³-hybridized carbons (Fsp3) is 0.263. The van der Waals surface area contributed by atoms with Crippen LogP contribution in [-0.2, 0) is 11.8 Å². The second kappa shape index (κ2) is 7.71. The van der Waals surface area contributed by atoms with Crippen LogP contribution in [0.15, 0.2) is 48.1 Å². The number of thiazole rings is 1. The maximum Gasteiger partial charge on any atom is 0.247 e. The molecule has 3 aromatic rings. The van der Waals surface area contributed by atoms with Gasteiger partial charge in [0.25, 0.3) is 0 Å². The topological polar surface area (TPSA) is 75.9 Å². The summed E-state index contributed by atoms with van der Waals surface area (Å²) in [6, 6.07) is 7.59. The molecule has 1 fully saturated rings. The van der Waals surface area contributed by atoms with E-state index in [0.717, 1.165) is 41.7 Å². The van der Waals surface area contributed by atoms with E-state index in [1.165, 1.54) is 11.3 Å². The highest BCUT2D eigenvalue weighted by atomic mass is 32.1. The molecular formula is C19H20N6OS. The predicted octanol–water partition coefficient (Wildman–Crippen LogP) is 3.39. The lowest BCUT2D eigenvalue weighted by Crippen LogP contribution is -2.29. The molecule has 0 spiro atoms. The van der Waals surface area contributed by atoms with Crippen molar-refractivity contribution >= 4 is 34.3 Å². The van der Waals surface area contributed by atoms with Crippen LogP contribution >= 0.6 is 11.3 Å². The van der Waals surface area contributed by atoms with Crippen molar-refractivity contribution in [2.45, 2.75) is 18.9 Å². The second-order valence-corrected chi connectivity index (χ2v) is 7.18. The van der Waals surface area contributed by atoms with Gasteiger partial charge in [-0.05, 0) is 37.1 Å². The van der Waals surface area contributed by atoms with E-state index in [0.29, 0.717) is 0 Å². The van der Waals surface area contributed by atoms with Crippen LogP contribution in [0.1, 0.15) is 30.3 Å². The molecule has 1 saturated heterocycles. The average molecular weight is 380 g/mol. The molecule has 4 rings (SSSR count). The number of aromatic nitrogens is 4. The molecule has 0 aliphatic carbocycles. The maximum atomic E-state index is 12.7. The Hall–Kier alpha value is -3.00. The van der Waals surface area contributed by atoms with Crippen molar-refractivity contribution in [2.75, 3.05) is 11.9 Å². The molecule has 0 bridgehead atoms. The number of aryl methyl sites for hydroxylation is 1. The molecule has 1 aliphatic rings. The first-order valence-corrected chi connectivity index (χ1v) is 9.69. The van der Waals surface area contributed by atoms with Crippen LogP contribution in [0.5, 0.6) is 0 Å². The number of nitrogens with zero attached hydrogens (tertiary/aromatic N) is 5. The van der Waals surface area contributed by atoms with Crippen molar-refractivity contribution in [1.82, 2.24) is 24.6 Å². The highest BCUT2D eigenvalue weighted by molar-refractivity contribution is 7.13. The van der Waals surface area contributed by atoms with Crippen LogP contribution in [0.25, 0.3) is 6.08 Å². The van der Waals surface area contributed by atoms with Gasteiger partial charge in [-0.15, -0.1) is 11.3 Å². The van der Waals surface area contributed by atoms with Gasteiger partial charge in [-0.3, -0.25) is 9.48 Å². The molecule has 7 nitrogen and oxygen atoms in total. The largest absolute Gasteiger partial charge is 0.331 e. The van der Waals surface area contributed by atoms with Crippen molar-refractivity contribution in [3.63, 3.8) is 0 Å². The number of hydrogen-bond acceptors (Lipinski definition) is 6. The minimum Gasteiger partial charge on any atom is -0.331 e. The van der Waals surface area contributed by atoms with Gasteiger partial charge in [0.05, 0.1) is 17.4 Å². The number of rotatable bonds is 5. The van der Waals surface area contributed by atoms with E-state index in [2.05, 4.69) is 20.4 Å². The van der Waals surface area contributed by atoms with Gasteiger partial charge in [-0.25, -0.2) is 9.97 Å². The number of carbonyl (C=O) groups excluding carboxylic acids is 1. The van der Waals surface area contributed by atoms with E-state index >= 15 is 0 Å². The third kappa shape index (κ3) is 3.90. The van der Waals surface area contributed by atoms with Crippen LogP contribution < -0.4 is 5.32 Å². The molecule has 27 heavy (non-hydrogen) atoms. The molecule has 8 heteroatoms. The Morgan fingerprint density at radius 2 is 2.26 bits per heavy atom. The van der Waals surface area contributed by atoms with Crippen molar-refractivity contribution in [2.24, 2.45) is 7.05 Å². The summed E-state index contributed by atoms with van der Waals surface area (Å²) in [5, 5.41) is 10.1. The van der Waals surface area contributed by atoms with Crippen LogP contribution in [0.3, 0.4) is 0 Å². The van der Waals surface area contributed by atoms with Crippen LogP contribution in [-0.4, -0.2) is 37.1 Å². The summed E-state index contributed by atoms with van der Waals surface area (Å²) in [4.78, 5) is 23.5. The summed E-state index contributed by atoms with van der Waals surface area (Å²) in [5.41, 5.74) is 1.83. The first-order chi connectivity index (χ1) is 13.2. The van der Waals surface area contributed by atoms with Gasteiger partial charge in [-0.1, -0.05) is 6.07 Å². The van der Waals surface area contributed by atoms with E-state index in [9.17, 15) is 4.79 Å². The molecule has 1 aliphatic heterocycles. The Labute approximate surface area is 161 Å². The standard InChI is InChI=1S/C19H20N6OS/c1-24-14(9-11-21-24)7-8-18(26)25-12-4-5-16(25)15-13-27-19(22-15)23-17-6-2-3-10-20-17/h2-3,6-11,13,16H,4-5,12H2,1H3,(H,20,22,23)/b8-7+/t16-/m0/s1. The summed E-state index contributed by atoms with van der Waals surface area (Å²) in [5.74, 6) is 0.766.